The van der Waals surface area contributed by atoms with Gasteiger partial charge in [-0.15, -0.1) is 0 Å². The summed E-state index contributed by atoms with van der Waals surface area (Å²) in [6.45, 7) is 2.25. The number of aromatic nitrogens is 1. The molecule has 0 saturated carbocycles. The van der Waals surface area contributed by atoms with Crippen LogP contribution in [0.1, 0.15) is 18.2 Å². The summed E-state index contributed by atoms with van der Waals surface area (Å²) in [5, 5.41) is 12.5. The van der Waals surface area contributed by atoms with E-state index in [1.165, 1.54) is 11.8 Å². The van der Waals surface area contributed by atoms with Gasteiger partial charge in [-0.25, -0.2) is 4.79 Å². The number of hydroxylamine groups is 1. The number of benzene rings is 1. The second kappa shape index (κ2) is 7.58. The normalized spacial score (nSPS) is 25.1. The molecule has 0 aliphatic carbocycles. The van der Waals surface area contributed by atoms with Crippen LogP contribution in [0.5, 0.6) is 5.75 Å². The van der Waals surface area contributed by atoms with Crippen molar-refractivity contribution in [1.82, 2.24) is 15.4 Å². The first kappa shape index (κ1) is 20.1. The van der Waals surface area contributed by atoms with Crippen molar-refractivity contribution in [3.05, 3.63) is 53.9 Å². The van der Waals surface area contributed by atoms with Crippen LogP contribution in [0.3, 0.4) is 0 Å². The van der Waals surface area contributed by atoms with E-state index in [2.05, 4.69) is 15.8 Å². The molecule has 2 fully saturated rings. The highest BCUT2D eigenvalue weighted by atomic mass is 16.7. The van der Waals surface area contributed by atoms with Gasteiger partial charge in [-0.05, 0) is 36.2 Å². The Morgan fingerprint density at radius 2 is 2.07 bits per heavy atom. The third-order valence-electron chi connectivity index (χ3n) is 5.91. The van der Waals surface area contributed by atoms with Gasteiger partial charge in [-0.3, -0.25) is 9.78 Å². The molecule has 2 unspecified atom stereocenters. The molecule has 1 aromatic carbocycles. The minimum Gasteiger partial charge on any atom is -0.497 e. The van der Waals surface area contributed by atoms with E-state index >= 15 is 0 Å². The summed E-state index contributed by atoms with van der Waals surface area (Å²) >= 11 is 0. The summed E-state index contributed by atoms with van der Waals surface area (Å²) in [6, 6.07) is 11.2. The molecule has 2 atom stereocenters. The average Bonchev–Trinajstić information content (AvgIpc) is 3.21. The molecule has 2 saturated heterocycles. The summed E-state index contributed by atoms with van der Waals surface area (Å²) in [6.07, 6.45) is 1.20. The number of hydrogen-bond acceptors (Lipinski definition) is 6. The number of anilines is 1. The predicted octanol–water partition coefficient (Wildman–Crippen LogP) is 2.00. The second-order valence-corrected chi connectivity index (χ2v) is 7.85. The molecule has 0 spiro atoms. The lowest BCUT2D eigenvalue weighted by molar-refractivity contribution is -0.114. The molecule has 30 heavy (non-hydrogen) atoms. The van der Waals surface area contributed by atoms with Crippen LogP contribution in [0.4, 0.5) is 10.5 Å². The minimum atomic E-state index is -0.988. The molecule has 9 nitrogen and oxygen atoms in total. The molecular formula is C21H24N4O5. The number of amides is 2. The molecule has 2 aromatic rings. The van der Waals surface area contributed by atoms with Gasteiger partial charge in [0.25, 0.3) is 0 Å². The first-order valence-electron chi connectivity index (χ1n) is 9.61. The smallest absolute Gasteiger partial charge is 0.407 e. The summed E-state index contributed by atoms with van der Waals surface area (Å²) in [5.41, 5.74) is 3.94. The number of rotatable bonds is 5. The second-order valence-electron chi connectivity index (χ2n) is 7.85. The van der Waals surface area contributed by atoms with Gasteiger partial charge in [0.15, 0.2) is 0 Å². The van der Waals surface area contributed by atoms with Crippen molar-refractivity contribution in [1.29, 1.82) is 0 Å². The summed E-state index contributed by atoms with van der Waals surface area (Å²) < 4.78 is 5.24. The number of carboxylic acid groups (broad SMARTS) is 1. The molecule has 3 heterocycles. The minimum absolute atomic E-state index is 0.189. The maximum absolute atomic E-state index is 11.9. The zero-order chi connectivity index (χ0) is 21.4. The highest BCUT2D eigenvalue weighted by molar-refractivity contribution is 5.88. The van der Waals surface area contributed by atoms with Gasteiger partial charge >= 0.3 is 6.09 Å². The molecule has 2 aliphatic rings. The molecule has 2 amide bonds. The Labute approximate surface area is 174 Å². The molecule has 0 radical (unpaired) electrons. The first-order valence-corrected chi connectivity index (χ1v) is 9.61. The number of hydrogen-bond donors (Lipinski definition) is 3. The lowest BCUT2D eigenvalue weighted by atomic mass is 9.68. The van der Waals surface area contributed by atoms with Crippen molar-refractivity contribution in [3.63, 3.8) is 0 Å². The third-order valence-corrected chi connectivity index (χ3v) is 5.91. The van der Waals surface area contributed by atoms with E-state index in [-0.39, 0.29) is 12.5 Å². The van der Waals surface area contributed by atoms with Gasteiger partial charge in [0, 0.05) is 30.8 Å². The highest BCUT2D eigenvalue weighted by Gasteiger charge is 2.64. The van der Waals surface area contributed by atoms with Gasteiger partial charge in [0.1, 0.15) is 11.3 Å². The van der Waals surface area contributed by atoms with Crippen molar-refractivity contribution in [3.8, 4) is 5.75 Å². The number of pyridine rings is 1. The van der Waals surface area contributed by atoms with E-state index in [1.807, 2.05) is 24.3 Å². The van der Waals surface area contributed by atoms with Gasteiger partial charge in [0.2, 0.25) is 5.91 Å². The molecule has 9 heteroatoms. The average molecular weight is 412 g/mol. The molecular weight excluding hydrogens is 388 g/mol. The number of nitrogens with zero attached hydrogens (tertiary/aromatic N) is 2. The number of carbonyl (C=O) groups is 2. The van der Waals surface area contributed by atoms with E-state index in [4.69, 9.17) is 9.57 Å². The quantitative estimate of drug-likeness (QED) is 0.688. The van der Waals surface area contributed by atoms with Gasteiger partial charge in [0.05, 0.1) is 26.0 Å². The summed E-state index contributed by atoms with van der Waals surface area (Å²) in [5.74, 6) is 0.565. The number of likely N-dealkylation sites (tertiary alicyclic amines) is 1. The van der Waals surface area contributed by atoms with E-state index in [1.54, 1.807) is 25.4 Å². The molecule has 1 aromatic heterocycles. The Bertz CT molecular complexity index is 966. The highest BCUT2D eigenvalue weighted by Crippen LogP contribution is 2.51. The zero-order valence-electron chi connectivity index (χ0n) is 16.8. The standard InChI is InChI=1S/C21H24N4O5/c1-14(26)23-16-7-8-22-18(9-16)21-12-25(19(27)28)11-20(21,13-30-24-21)10-15-3-5-17(29-2)6-4-15/h3-9,24H,10-13H2,1-2H3,(H,27,28)(H,22,23,26). The molecule has 0 bridgehead atoms. The lowest BCUT2D eigenvalue weighted by Gasteiger charge is -2.36. The van der Waals surface area contributed by atoms with Gasteiger partial charge < -0.3 is 24.9 Å². The fourth-order valence-electron chi connectivity index (χ4n) is 4.49. The zero-order valence-corrected chi connectivity index (χ0v) is 16.8. The van der Waals surface area contributed by atoms with Crippen LogP contribution in [0.15, 0.2) is 42.6 Å². The predicted molar refractivity (Wildman–Crippen MR) is 108 cm³/mol. The number of ether oxygens (including phenoxy) is 1. The lowest BCUT2D eigenvalue weighted by Crippen LogP contribution is -2.51. The number of fused-ring (bicyclic) bond motifs is 1. The number of carbonyl (C=O) groups excluding carboxylic acids is 1. The van der Waals surface area contributed by atoms with Crippen LogP contribution in [-0.4, -0.2) is 53.8 Å². The van der Waals surface area contributed by atoms with Crippen LogP contribution < -0.4 is 15.5 Å². The topological polar surface area (TPSA) is 113 Å². The Balaban J connectivity index is 1.76. The van der Waals surface area contributed by atoms with Crippen molar-refractivity contribution in [2.45, 2.75) is 18.9 Å². The Kier molecular flexibility index (Phi) is 5.08. The number of nitrogens with one attached hydrogen (secondary N) is 2. The SMILES string of the molecule is COc1ccc(CC23CONC2(c2cc(NC(C)=O)ccn2)CN(C(=O)O)C3)cc1. The van der Waals surface area contributed by atoms with Gasteiger partial charge in [-0.1, -0.05) is 12.1 Å². The van der Waals surface area contributed by atoms with Crippen LogP contribution in [0.2, 0.25) is 0 Å². The van der Waals surface area contributed by atoms with Crippen molar-refractivity contribution in [2.75, 3.05) is 32.1 Å². The van der Waals surface area contributed by atoms with E-state index in [9.17, 15) is 14.7 Å². The molecule has 158 valence electrons. The summed E-state index contributed by atoms with van der Waals surface area (Å²) in [4.78, 5) is 35.0. The molecule has 4 rings (SSSR count). The fraction of sp³-hybridized carbons (Fsp3) is 0.381. The van der Waals surface area contributed by atoms with Crippen molar-refractivity contribution < 1.29 is 24.3 Å². The Hall–Kier alpha value is -3.17. The Morgan fingerprint density at radius 3 is 2.73 bits per heavy atom. The van der Waals surface area contributed by atoms with E-state index in [0.29, 0.717) is 31.0 Å². The monoisotopic (exact) mass is 412 g/mol. The van der Waals surface area contributed by atoms with Crippen LogP contribution in [0.25, 0.3) is 0 Å². The largest absolute Gasteiger partial charge is 0.497 e. The summed E-state index contributed by atoms with van der Waals surface area (Å²) in [7, 11) is 1.61. The van der Waals surface area contributed by atoms with Crippen LogP contribution in [-0.2, 0) is 21.6 Å². The van der Waals surface area contributed by atoms with Crippen LogP contribution in [0, 0.1) is 5.41 Å². The van der Waals surface area contributed by atoms with E-state index in [0.717, 1.165) is 11.3 Å². The fourth-order valence-corrected chi connectivity index (χ4v) is 4.49. The maximum atomic E-state index is 11.9. The first-order chi connectivity index (χ1) is 14.4. The number of methoxy groups -OCH3 is 1. The van der Waals surface area contributed by atoms with E-state index < -0.39 is 17.0 Å². The van der Waals surface area contributed by atoms with Gasteiger partial charge in [-0.2, -0.15) is 5.48 Å². The third kappa shape index (κ3) is 3.35. The van der Waals surface area contributed by atoms with Crippen LogP contribution >= 0.6 is 0 Å². The molecule has 2 aliphatic heterocycles. The maximum Gasteiger partial charge on any atom is 0.407 e. The van der Waals surface area contributed by atoms with Crippen molar-refractivity contribution >= 4 is 17.7 Å². The Morgan fingerprint density at radius 1 is 1.30 bits per heavy atom. The van der Waals surface area contributed by atoms with Crippen molar-refractivity contribution in [2.24, 2.45) is 5.41 Å². The molecule has 3 N–H and O–H groups in total.